The molecule has 3 fully saturated rings. The van der Waals surface area contributed by atoms with E-state index in [-0.39, 0.29) is 6.10 Å². The molecule has 33 heavy (non-hydrogen) atoms. The highest BCUT2D eigenvalue weighted by Crippen LogP contribution is 2.67. The van der Waals surface area contributed by atoms with Crippen LogP contribution in [0.4, 0.5) is 0 Å². The molecule has 1 aromatic carbocycles. The number of nitrogens with zero attached hydrogens (tertiary/aromatic N) is 2. The van der Waals surface area contributed by atoms with E-state index in [9.17, 15) is 5.11 Å². The van der Waals surface area contributed by atoms with E-state index in [1.807, 2.05) is 16.8 Å². The summed E-state index contributed by atoms with van der Waals surface area (Å²) in [5, 5.41) is 15.3. The number of ether oxygens (including phenoxy) is 1. The first-order chi connectivity index (χ1) is 15.9. The Kier molecular flexibility index (Phi) is 5.03. The summed E-state index contributed by atoms with van der Waals surface area (Å²) in [5.41, 5.74) is 4.59. The molecule has 2 aromatic rings. The lowest BCUT2D eigenvalue weighted by Crippen LogP contribution is -2.50. The van der Waals surface area contributed by atoms with Crippen molar-refractivity contribution in [1.29, 1.82) is 0 Å². The lowest BCUT2D eigenvalue weighted by Gasteiger charge is -2.58. The standard InChI is InChI=1S/C29H38N2O2/c1-28-15-12-21(32)18-19(28)4-9-23-24-10-11-26(29(24,2)16-13-25(23)28)27-14-17-31(30-27)20-5-7-22(33-3)8-6-20/h4-8,14,17,21,23-26,32H,9-13,15-16,18H2,1-3H3/t21-,23-,24-,25-,26+,28-,29-/m0/s1. The van der Waals surface area contributed by atoms with Crippen LogP contribution in [0, 0.1) is 28.6 Å². The number of fused-ring (bicyclic) bond motifs is 5. The minimum atomic E-state index is -0.119. The molecule has 0 spiro atoms. The Morgan fingerprint density at radius 2 is 1.82 bits per heavy atom. The fourth-order valence-corrected chi connectivity index (χ4v) is 8.53. The quantitative estimate of drug-likeness (QED) is 0.564. The van der Waals surface area contributed by atoms with Crippen molar-refractivity contribution in [3.05, 3.63) is 53.9 Å². The summed E-state index contributed by atoms with van der Waals surface area (Å²) in [6, 6.07) is 10.4. The maximum atomic E-state index is 10.3. The lowest BCUT2D eigenvalue weighted by molar-refractivity contribution is -0.0412. The minimum absolute atomic E-state index is 0.119. The van der Waals surface area contributed by atoms with Crippen LogP contribution in [0.2, 0.25) is 0 Å². The van der Waals surface area contributed by atoms with Crippen molar-refractivity contribution >= 4 is 0 Å². The Morgan fingerprint density at radius 1 is 1.00 bits per heavy atom. The van der Waals surface area contributed by atoms with E-state index in [1.165, 1.54) is 44.2 Å². The molecule has 1 N–H and O–H groups in total. The first-order valence-corrected chi connectivity index (χ1v) is 13.0. The fraction of sp³-hybridized carbons (Fsp3) is 0.621. The third kappa shape index (κ3) is 3.24. The molecule has 6 rings (SSSR count). The zero-order valence-electron chi connectivity index (χ0n) is 20.3. The summed E-state index contributed by atoms with van der Waals surface area (Å²) in [6.45, 7) is 5.09. The van der Waals surface area contributed by atoms with E-state index >= 15 is 0 Å². The van der Waals surface area contributed by atoms with Crippen LogP contribution in [-0.2, 0) is 0 Å². The molecule has 0 saturated heterocycles. The molecular formula is C29H38N2O2. The number of benzene rings is 1. The molecule has 0 amide bonds. The van der Waals surface area contributed by atoms with Gasteiger partial charge < -0.3 is 9.84 Å². The van der Waals surface area contributed by atoms with Crippen LogP contribution in [0.15, 0.2) is 48.2 Å². The SMILES string of the molecule is COc1ccc(-n2ccc([C@H]3CC[C@H]4[C@@H]5CC=C6C[C@@H](O)CC[C@]6(C)[C@H]5CC[C@]34C)n2)cc1. The van der Waals surface area contributed by atoms with Gasteiger partial charge in [-0.1, -0.05) is 25.5 Å². The first kappa shape index (κ1) is 21.5. The highest BCUT2D eigenvalue weighted by atomic mass is 16.5. The Labute approximate surface area is 198 Å². The van der Waals surface area contributed by atoms with E-state index in [2.05, 4.69) is 44.3 Å². The second kappa shape index (κ2) is 7.73. The van der Waals surface area contributed by atoms with E-state index in [0.717, 1.165) is 42.0 Å². The predicted octanol–water partition coefficient (Wildman–Crippen LogP) is 6.29. The van der Waals surface area contributed by atoms with Crippen LogP contribution in [0.3, 0.4) is 0 Å². The molecule has 4 heteroatoms. The number of aliphatic hydroxyl groups excluding tert-OH is 1. The Hall–Kier alpha value is -2.07. The maximum Gasteiger partial charge on any atom is 0.119 e. The van der Waals surface area contributed by atoms with Gasteiger partial charge in [-0.25, -0.2) is 4.68 Å². The van der Waals surface area contributed by atoms with Crippen molar-refractivity contribution in [2.24, 2.45) is 28.6 Å². The van der Waals surface area contributed by atoms with Gasteiger partial charge in [-0.15, -0.1) is 0 Å². The van der Waals surface area contributed by atoms with Crippen LogP contribution in [0.1, 0.15) is 76.8 Å². The highest BCUT2D eigenvalue weighted by Gasteiger charge is 2.59. The molecule has 0 unspecified atom stereocenters. The van der Waals surface area contributed by atoms with Crippen molar-refractivity contribution in [2.45, 2.75) is 77.2 Å². The summed E-state index contributed by atoms with van der Waals surface area (Å²) < 4.78 is 7.34. The van der Waals surface area contributed by atoms with Crippen LogP contribution in [0.5, 0.6) is 5.75 Å². The molecule has 4 aliphatic carbocycles. The van der Waals surface area contributed by atoms with Gasteiger partial charge in [0, 0.05) is 12.1 Å². The van der Waals surface area contributed by atoms with Crippen LogP contribution < -0.4 is 4.74 Å². The summed E-state index contributed by atoms with van der Waals surface area (Å²) in [6.07, 6.45) is 14.1. The predicted molar refractivity (Wildman–Crippen MR) is 131 cm³/mol. The Bertz CT molecular complexity index is 1060. The molecule has 0 bridgehead atoms. The van der Waals surface area contributed by atoms with Gasteiger partial charge in [0.25, 0.3) is 0 Å². The van der Waals surface area contributed by atoms with E-state index < -0.39 is 0 Å². The van der Waals surface area contributed by atoms with E-state index in [4.69, 9.17) is 9.84 Å². The molecular weight excluding hydrogens is 408 g/mol. The van der Waals surface area contributed by atoms with Gasteiger partial charge in [-0.05, 0) is 110 Å². The van der Waals surface area contributed by atoms with Crippen LogP contribution >= 0.6 is 0 Å². The molecule has 0 aliphatic heterocycles. The van der Waals surface area contributed by atoms with Gasteiger partial charge in [0.15, 0.2) is 0 Å². The number of hydrogen-bond acceptors (Lipinski definition) is 3. The Balaban J connectivity index is 1.26. The fourth-order valence-electron chi connectivity index (χ4n) is 8.53. The van der Waals surface area contributed by atoms with Gasteiger partial charge in [0.1, 0.15) is 5.75 Å². The smallest absolute Gasteiger partial charge is 0.119 e. The second-order valence-electron chi connectivity index (χ2n) is 11.7. The van der Waals surface area contributed by atoms with E-state index in [1.54, 1.807) is 12.7 Å². The molecule has 1 aromatic heterocycles. The number of aliphatic hydroxyl groups is 1. The highest BCUT2D eigenvalue weighted by molar-refractivity contribution is 5.37. The molecule has 3 saturated carbocycles. The molecule has 176 valence electrons. The summed E-state index contributed by atoms with van der Waals surface area (Å²) >= 11 is 0. The van der Waals surface area contributed by atoms with Crippen molar-refractivity contribution in [3.8, 4) is 11.4 Å². The molecule has 0 radical (unpaired) electrons. The first-order valence-electron chi connectivity index (χ1n) is 13.0. The number of methoxy groups -OCH3 is 1. The van der Waals surface area contributed by atoms with Crippen molar-refractivity contribution in [2.75, 3.05) is 7.11 Å². The molecule has 7 atom stereocenters. The monoisotopic (exact) mass is 446 g/mol. The topological polar surface area (TPSA) is 47.3 Å². The Morgan fingerprint density at radius 3 is 2.61 bits per heavy atom. The number of aromatic nitrogens is 2. The maximum absolute atomic E-state index is 10.3. The summed E-state index contributed by atoms with van der Waals surface area (Å²) in [4.78, 5) is 0. The van der Waals surface area contributed by atoms with Gasteiger partial charge in [0.05, 0.1) is 24.6 Å². The van der Waals surface area contributed by atoms with Gasteiger partial charge >= 0.3 is 0 Å². The number of rotatable bonds is 3. The second-order valence-corrected chi connectivity index (χ2v) is 11.7. The average Bonchev–Trinajstić information content (AvgIpc) is 3.44. The molecule has 4 aliphatic rings. The lowest BCUT2D eigenvalue weighted by atomic mass is 9.47. The number of allylic oxidation sites excluding steroid dienone is 1. The third-order valence-electron chi connectivity index (χ3n) is 10.4. The van der Waals surface area contributed by atoms with Gasteiger partial charge in [-0.3, -0.25) is 0 Å². The van der Waals surface area contributed by atoms with Crippen molar-refractivity contribution in [3.63, 3.8) is 0 Å². The summed E-state index contributed by atoms with van der Waals surface area (Å²) in [5.74, 6) is 3.79. The zero-order chi connectivity index (χ0) is 22.8. The third-order valence-corrected chi connectivity index (χ3v) is 10.4. The minimum Gasteiger partial charge on any atom is -0.497 e. The molecule has 4 nitrogen and oxygen atoms in total. The van der Waals surface area contributed by atoms with E-state index in [0.29, 0.717) is 16.7 Å². The van der Waals surface area contributed by atoms with Crippen LogP contribution in [-0.4, -0.2) is 28.1 Å². The van der Waals surface area contributed by atoms with Crippen LogP contribution in [0.25, 0.3) is 5.69 Å². The normalized spacial score (nSPS) is 39.9. The zero-order valence-corrected chi connectivity index (χ0v) is 20.3. The number of hydrogen-bond donors (Lipinski definition) is 1. The molecule has 1 heterocycles. The summed E-state index contributed by atoms with van der Waals surface area (Å²) in [7, 11) is 1.70. The van der Waals surface area contributed by atoms with Gasteiger partial charge in [-0.2, -0.15) is 5.10 Å². The average molecular weight is 447 g/mol. The largest absolute Gasteiger partial charge is 0.497 e. The van der Waals surface area contributed by atoms with Gasteiger partial charge in [0.2, 0.25) is 0 Å². The van der Waals surface area contributed by atoms with Crippen molar-refractivity contribution < 1.29 is 9.84 Å². The van der Waals surface area contributed by atoms with Crippen molar-refractivity contribution in [1.82, 2.24) is 9.78 Å².